The van der Waals surface area contributed by atoms with Gasteiger partial charge in [-0.25, -0.2) is 0 Å². The zero-order valence-electron chi connectivity index (χ0n) is 33.6. The van der Waals surface area contributed by atoms with E-state index >= 15 is 0 Å². The van der Waals surface area contributed by atoms with E-state index in [9.17, 15) is 0 Å². The summed E-state index contributed by atoms with van der Waals surface area (Å²) in [6.45, 7) is 0. The van der Waals surface area contributed by atoms with Crippen molar-refractivity contribution >= 4 is 49.4 Å². The SMILES string of the molecule is c1ccc(-c2c(-c3ccccc3)c(-c3ccccc3)c3c(-c4ccc5c(ccc6cc(N(c7ccccc7)c7ccccc7)ccc65)c4)cccc3c2-c2ccccc2)cc1. The van der Waals surface area contributed by atoms with Crippen LogP contribution in [-0.2, 0) is 0 Å². The summed E-state index contributed by atoms with van der Waals surface area (Å²) in [5.41, 5.74) is 15.5. The van der Waals surface area contributed by atoms with Crippen LogP contribution >= 0.6 is 0 Å². The van der Waals surface area contributed by atoms with Crippen molar-refractivity contribution in [2.75, 3.05) is 4.90 Å². The lowest BCUT2D eigenvalue weighted by Crippen LogP contribution is -2.09. The fourth-order valence-electron chi connectivity index (χ4n) is 9.33. The van der Waals surface area contributed by atoms with Gasteiger partial charge in [-0.15, -0.1) is 0 Å². The van der Waals surface area contributed by atoms with Crippen LogP contribution in [0.15, 0.2) is 249 Å². The Hall–Kier alpha value is -8.00. The molecule has 0 unspecified atom stereocenters. The summed E-state index contributed by atoms with van der Waals surface area (Å²) in [5, 5.41) is 7.38. The largest absolute Gasteiger partial charge is 0.310 e. The van der Waals surface area contributed by atoms with E-state index in [1.54, 1.807) is 0 Å². The van der Waals surface area contributed by atoms with E-state index in [0.29, 0.717) is 0 Å². The Bertz CT molecular complexity index is 3270. The summed E-state index contributed by atoms with van der Waals surface area (Å²) >= 11 is 0. The normalized spacial score (nSPS) is 11.3. The van der Waals surface area contributed by atoms with Crippen molar-refractivity contribution in [2.24, 2.45) is 0 Å². The van der Waals surface area contributed by atoms with Gasteiger partial charge in [-0.05, 0) is 130 Å². The molecule has 0 N–H and O–H groups in total. The first kappa shape index (κ1) is 36.1. The average Bonchev–Trinajstić information content (AvgIpc) is 3.34. The second kappa shape index (κ2) is 15.6. The number of para-hydroxylation sites is 2. The zero-order chi connectivity index (χ0) is 40.5. The van der Waals surface area contributed by atoms with E-state index in [0.717, 1.165) is 17.1 Å². The minimum absolute atomic E-state index is 1.13. The van der Waals surface area contributed by atoms with Crippen molar-refractivity contribution in [1.29, 1.82) is 0 Å². The summed E-state index contributed by atoms with van der Waals surface area (Å²) < 4.78 is 0. The molecular formula is C60H41N. The molecule has 0 saturated carbocycles. The third-order valence-electron chi connectivity index (χ3n) is 12.0. The van der Waals surface area contributed by atoms with Crippen LogP contribution in [-0.4, -0.2) is 0 Å². The maximum absolute atomic E-state index is 2.39. The minimum atomic E-state index is 1.13. The summed E-state index contributed by atoms with van der Waals surface area (Å²) in [4.78, 5) is 2.33. The van der Waals surface area contributed by atoms with Crippen LogP contribution in [0.4, 0.5) is 17.1 Å². The highest BCUT2D eigenvalue weighted by molar-refractivity contribution is 6.22. The van der Waals surface area contributed by atoms with Gasteiger partial charge in [0.25, 0.3) is 0 Å². The number of anilines is 3. The quantitative estimate of drug-likeness (QED) is 0.139. The van der Waals surface area contributed by atoms with Gasteiger partial charge in [0.15, 0.2) is 0 Å². The van der Waals surface area contributed by atoms with Crippen LogP contribution in [0, 0.1) is 0 Å². The van der Waals surface area contributed by atoms with Gasteiger partial charge in [-0.3, -0.25) is 0 Å². The van der Waals surface area contributed by atoms with E-state index in [4.69, 9.17) is 0 Å². The van der Waals surface area contributed by atoms with Crippen molar-refractivity contribution in [3.8, 4) is 55.6 Å². The Balaban J connectivity index is 1.16. The molecule has 0 spiro atoms. The molecule has 0 aliphatic rings. The molecule has 61 heavy (non-hydrogen) atoms. The fraction of sp³-hybridized carbons (Fsp3) is 0. The summed E-state index contributed by atoms with van der Waals surface area (Å²) in [6.07, 6.45) is 0. The Morgan fingerprint density at radius 1 is 0.230 bits per heavy atom. The maximum Gasteiger partial charge on any atom is 0.0468 e. The van der Waals surface area contributed by atoms with E-state index < -0.39 is 0 Å². The number of hydrogen-bond donors (Lipinski definition) is 0. The Labute approximate surface area is 357 Å². The molecule has 1 nitrogen and oxygen atoms in total. The topological polar surface area (TPSA) is 3.24 Å². The van der Waals surface area contributed by atoms with Crippen LogP contribution < -0.4 is 4.90 Å². The van der Waals surface area contributed by atoms with E-state index in [2.05, 4.69) is 254 Å². The molecule has 11 aromatic rings. The van der Waals surface area contributed by atoms with Crippen molar-refractivity contribution in [3.63, 3.8) is 0 Å². The summed E-state index contributed by atoms with van der Waals surface area (Å²) in [6, 6.07) is 90.4. The van der Waals surface area contributed by atoms with Gasteiger partial charge in [0.05, 0.1) is 0 Å². The average molecular weight is 776 g/mol. The highest BCUT2D eigenvalue weighted by atomic mass is 15.1. The van der Waals surface area contributed by atoms with Gasteiger partial charge >= 0.3 is 0 Å². The Morgan fingerprint density at radius 2 is 0.656 bits per heavy atom. The first-order valence-corrected chi connectivity index (χ1v) is 21.0. The molecule has 0 atom stereocenters. The molecule has 0 saturated heterocycles. The van der Waals surface area contributed by atoms with Crippen LogP contribution in [0.25, 0.3) is 88.0 Å². The molecule has 0 amide bonds. The highest BCUT2D eigenvalue weighted by Gasteiger charge is 2.26. The predicted molar refractivity (Wildman–Crippen MR) is 261 cm³/mol. The molecule has 0 fully saturated rings. The van der Waals surface area contributed by atoms with E-state index in [1.807, 2.05) is 0 Å². The number of fused-ring (bicyclic) bond motifs is 4. The highest BCUT2D eigenvalue weighted by Crippen LogP contribution is 2.53. The minimum Gasteiger partial charge on any atom is -0.310 e. The van der Waals surface area contributed by atoms with Gasteiger partial charge in [0.2, 0.25) is 0 Å². The number of benzene rings is 11. The molecule has 11 aromatic carbocycles. The van der Waals surface area contributed by atoms with E-state index in [-0.39, 0.29) is 0 Å². The van der Waals surface area contributed by atoms with Crippen LogP contribution in [0.3, 0.4) is 0 Å². The standard InChI is InChI=1S/C60H41N/c1-7-20-42(21-8-1)56-55-33-19-32-54(60(55)59(45-26-13-4-14-27-45)58(44-24-11-3-12-25-44)57(56)43-22-9-2-10-23-43)47-36-38-52-46(40-47)34-35-48-41-51(37-39-53(48)52)61(49-28-15-5-16-29-49)50-30-17-6-18-31-50/h1-41H. The molecule has 1 heteroatoms. The van der Waals surface area contributed by atoms with Crippen LogP contribution in [0.1, 0.15) is 0 Å². The third kappa shape index (κ3) is 6.54. The molecule has 0 heterocycles. The summed E-state index contributed by atoms with van der Waals surface area (Å²) in [5.74, 6) is 0. The summed E-state index contributed by atoms with van der Waals surface area (Å²) in [7, 11) is 0. The molecule has 0 aliphatic heterocycles. The van der Waals surface area contributed by atoms with Crippen LogP contribution in [0.2, 0.25) is 0 Å². The second-order valence-corrected chi connectivity index (χ2v) is 15.6. The lowest BCUT2D eigenvalue weighted by molar-refractivity contribution is 1.29. The first-order chi connectivity index (χ1) is 30.3. The lowest BCUT2D eigenvalue weighted by atomic mass is 9.77. The molecule has 0 radical (unpaired) electrons. The zero-order valence-corrected chi connectivity index (χ0v) is 33.6. The van der Waals surface area contributed by atoms with Gasteiger partial charge in [-0.1, -0.05) is 206 Å². The van der Waals surface area contributed by atoms with Gasteiger partial charge in [-0.2, -0.15) is 0 Å². The molecule has 0 aliphatic carbocycles. The van der Waals surface area contributed by atoms with E-state index in [1.165, 1.54) is 88.0 Å². The maximum atomic E-state index is 2.39. The lowest BCUT2D eigenvalue weighted by Gasteiger charge is -2.26. The molecule has 0 bridgehead atoms. The first-order valence-electron chi connectivity index (χ1n) is 21.0. The second-order valence-electron chi connectivity index (χ2n) is 15.6. The number of rotatable bonds is 8. The number of hydrogen-bond acceptors (Lipinski definition) is 1. The molecule has 11 rings (SSSR count). The van der Waals surface area contributed by atoms with Crippen molar-refractivity contribution < 1.29 is 0 Å². The smallest absolute Gasteiger partial charge is 0.0468 e. The van der Waals surface area contributed by atoms with Gasteiger partial charge in [0, 0.05) is 17.1 Å². The van der Waals surface area contributed by atoms with Gasteiger partial charge < -0.3 is 4.90 Å². The Kier molecular flexibility index (Phi) is 9.26. The predicted octanol–water partition coefficient (Wildman–Crippen LogP) is 17.0. The third-order valence-corrected chi connectivity index (χ3v) is 12.0. The van der Waals surface area contributed by atoms with Crippen molar-refractivity contribution in [2.45, 2.75) is 0 Å². The fourth-order valence-corrected chi connectivity index (χ4v) is 9.33. The monoisotopic (exact) mass is 775 g/mol. The molecule has 286 valence electrons. The number of nitrogens with zero attached hydrogens (tertiary/aromatic N) is 1. The van der Waals surface area contributed by atoms with Gasteiger partial charge in [0.1, 0.15) is 0 Å². The molecule has 0 aromatic heterocycles. The van der Waals surface area contributed by atoms with Crippen molar-refractivity contribution in [1.82, 2.24) is 0 Å². The Morgan fingerprint density at radius 3 is 1.18 bits per heavy atom. The molecular weight excluding hydrogens is 735 g/mol. The van der Waals surface area contributed by atoms with Crippen LogP contribution in [0.5, 0.6) is 0 Å². The van der Waals surface area contributed by atoms with Crippen molar-refractivity contribution in [3.05, 3.63) is 249 Å².